The van der Waals surface area contributed by atoms with Crippen molar-refractivity contribution in [2.45, 2.75) is 18.9 Å². The van der Waals surface area contributed by atoms with E-state index in [1.54, 1.807) is 18.2 Å². The number of halogens is 1. The minimum absolute atomic E-state index is 0.0366. The monoisotopic (exact) mass is 382 g/mol. The summed E-state index contributed by atoms with van der Waals surface area (Å²) < 4.78 is 25.5. The van der Waals surface area contributed by atoms with Crippen LogP contribution < -0.4 is 20.5 Å². The molecule has 144 valence electrons. The van der Waals surface area contributed by atoms with E-state index in [4.69, 9.17) is 15.2 Å². The normalized spacial score (nSPS) is 13.4. The number of hydrogen-bond acceptors (Lipinski definition) is 6. The van der Waals surface area contributed by atoms with E-state index in [0.29, 0.717) is 22.4 Å². The molecule has 1 saturated carbocycles. The van der Waals surface area contributed by atoms with Gasteiger partial charge in [-0.05, 0) is 43.2 Å². The van der Waals surface area contributed by atoms with Gasteiger partial charge in [-0.25, -0.2) is 4.39 Å². The van der Waals surface area contributed by atoms with E-state index in [2.05, 4.69) is 15.5 Å². The smallest absolute Gasteiger partial charge is 0.274 e. The molecule has 8 heteroatoms. The molecule has 0 unspecified atom stereocenters. The van der Waals surface area contributed by atoms with Crippen LogP contribution in [-0.2, 0) is 0 Å². The number of benzene rings is 2. The van der Waals surface area contributed by atoms with Gasteiger partial charge in [0, 0.05) is 22.6 Å². The first-order valence-electron chi connectivity index (χ1n) is 8.81. The summed E-state index contributed by atoms with van der Waals surface area (Å²) in [5, 5.41) is 11.4. The lowest BCUT2D eigenvalue weighted by Crippen LogP contribution is -2.27. The Labute approximate surface area is 160 Å². The standard InChI is InChI=1S/C20H19FN4O3/c1-27-11-5-8-15(28-2)13(9-11)16-14(21)7-6-12-17(22)19(25-24-18(12)16)20(26)23-10-3-4-10/h5-10H,3-4H2,1-2H3,(H2,22,24)(H,23,26). The van der Waals surface area contributed by atoms with E-state index in [1.807, 2.05) is 0 Å². The summed E-state index contributed by atoms with van der Waals surface area (Å²) in [6.45, 7) is 0. The lowest BCUT2D eigenvalue weighted by molar-refractivity contribution is 0.0946. The largest absolute Gasteiger partial charge is 0.497 e. The second kappa shape index (κ2) is 6.95. The number of hydrogen-bond donors (Lipinski definition) is 2. The maximum Gasteiger partial charge on any atom is 0.274 e. The Morgan fingerprint density at radius 1 is 1.18 bits per heavy atom. The highest BCUT2D eigenvalue weighted by Gasteiger charge is 2.27. The number of nitrogens with one attached hydrogen (secondary N) is 1. The number of aromatic nitrogens is 2. The van der Waals surface area contributed by atoms with E-state index in [0.717, 1.165) is 12.8 Å². The number of nitrogens with zero attached hydrogens (tertiary/aromatic N) is 2. The third-order valence-electron chi connectivity index (χ3n) is 4.73. The van der Waals surface area contributed by atoms with Crippen molar-refractivity contribution < 1.29 is 18.7 Å². The van der Waals surface area contributed by atoms with Gasteiger partial charge >= 0.3 is 0 Å². The number of fused-ring (bicyclic) bond motifs is 1. The molecule has 0 atom stereocenters. The van der Waals surface area contributed by atoms with Crippen molar-refractivity contribution in [3.8, 4) is 22.6 Å². The molecule has 1 amide bonds. The number of anilines is 1. The summed E-state index contributed by atoms with van der Waals surface area (Å²) in [6.07, 6.45) is 1.88. The maximum atomic E-state index is 14.8. The quantitative estimate of drug-likeness (QED) is 0.704. The molecule has 3 aromatic rings. The van der Waals surface area contributed by atoms with Crippen LogP contribution in [0.25, 0.3) is 22.0 Å². The van der Waals surface area contributed by atoms with E-state index >= 15 is 0 Å². The zero-order valence-corrected chi connectivity index (χ0v) is 15.5. The first kappa shape index (κ1) is 18.0. The first-order valence-corrected chi connectivity index (χ1v) is 8.81. The molecule has 1 aliphatic rings. The topological polar surface area (TPSA) is 99.4 Å². The molecular formula is C20H19FN4O3. The van der Waals surface area contributed by atoms with Crippen molar-refractivity contribution in [2.24, 2.45) is 0 Å². The molecule has 1 fully saturated rings. The first-order chi connectivity index (χ1) is 13.5. The summed E-state index contributed by atoms with van der Waals surface area (Å²) in [6, 6.07) is 8.00. The van der Waals surface area contributed by atoms with E-state index in [-0.39, 0.29) is 34.4 Å². The molecule has 0 spiro atoms. The Balaban J connectivity index is 1.91. The molecule has 7 nitrogen and oxygen atoms in total. The number of carbonyl (C=O) groups is 1. The van der Waals surface area contributed by atoms with E-state index in [9.17, 15) is 9.18 Å². The van der Waals surface area contributed by atoms with Crippen molar-refractivity contribution in [3.63, 3.8) is 0 Å². The van der Waals surface area contributed by atoms with Crippen LogP contribution in [-0.4, -0.2) is 36.4 Å². The fourth-order valence-electron chi connectivity index (χ4n) is 3.08. The number of nitrogens with two attached hydrogens (primary N) is 1. The number of carbonyl (C=O) groups excluding carboxylic acids is 1. The van der Waals surface area contributed by atoms with Crippen molar-refractivity contribution in [3.05, 3.63) is 41.8 Å². The molecular weight excluding hydrogens is 363 g/mol. The molecule has 0 bridgehead atoms. The third kappa shape index (κ3) is 3.06. The van der Waals surface area contributed by atoms with Gasteiger partial charge in [0.15, 0.2) is 5.69 Å². The molecule has 3 N–H and O–H groups in total. The zero-order valence-electron chi connectivity index (χ0n) is 15.5. The Kier molecular flexibility index (Phi) is 4.46. The van der Waals surface area contributed by atoms with Gasteiger partial charge < -0.3 is 20.5 Å². The number of amides is 1. The lowest BCUT2D eigenvalue weighted by Gasteiger charge is -2.14. The fraction of sp³-hybridized carbons (Fsp3) is 0.250. The molecule has 1 aliphatic carbocycles. The second-order valence-electron chi connectivity index (χ2n) is 6.59. The minimum Gasteiger partial charge on any atom is -0.497 e. The van der Waals surface area contributed by atoms with Crippen LogP contribution in [0.3, 0.4) is 0 Å². The molecule has 28 heavy (non-hydrogen) atoms. The Morgan fingerprint density at radius 3 is 2.64 bits per heavy atom. The van der Waals surface area contributed by atoms with Crippen LogP contribution >= 0.6 is 0 Å². The number of nitrogen functional groups attached to an aromatic ring is 1. The summed E-state index contributed by atoms with van der Waals surface area (Å²) in [5.74, 6) is 0.0962. The fourth-order valence-corrected chi connectivity index (χ4v) is 3.08. The van der Waals surface area contributed by atoms with Crippen molar-refractivity contribution >= 4 is 22.5 Å². The van der Waals surface area contributed by atoms with Crippen LogP contribution in [0.1, 0.15) is 23.3 Å². The van der Waals surface area contributed by atoms with Crippen LogP contribution in [0.2, 0.25) is 0 Å². The lowest BCUT2D eigenvalue weighted by atomic mass is 9.99. The predicted molar refractivity (Wildman–Crippen MR) is 103 cm³/mol. The highest BCUT2D eigenvalue weighted by atomic mass is 19.1. The van der Waals surface area contributed by atoms with Gasteiger partial charge in [-0.2, -0.15) is 0 Å². The van der Waals surface area contributed by atoms with E-state index < -0.39 is 5.82 Å². The molecule has 4 rings (SSSR count). The average Bonchev–Trinajstić information content (AvgIpc) is 3.51. The molecule has 0 aliphatic heterocycles. The van der Waals surface area contributed by atoms with E-state index in [1.165, 1.54) is 26.4 Å². The molecule has 0 radical (unpaired) electrons. The Hall–Kier alpha value is -3.42. The highest BCUT2D eigenvalue weighted by molar-refractivity contribution is 6.08. The minimum atomic E-state index is -0.511. The van der Waals surface area contributed by atoms with Gasteiger partial charge in [-0.1, -0.05) is 0 Å². The third-order valence-corrected chi connectivity index (χ3v) is 4.73. The number of ether oxygens (including phenoxy) is 2. The summed E-state index contributed by atoms with van der Waals surface area (Å²) in [4.78, 5) is 12.4. The summed E-state index contributed by atoms with van der Waals surface area (Å²) in [5.41, 5.74) is 7.27. The van der Waals surface area contributed by atoms with Crippen LogP contribution in [0, 0.1) is 5.82 Å². The zero-order chi connectivity index (χ0) is 19.8. The molecule has 1 heterocycles. The van der Waals surface area contributed by atoms with Gasteiger partial charge in [0.1, 0.15) is 22.8 Å². The number of rotatable bonds is 5. The number of methoxy groups -OCH3 is 2. The molecule has 2 aromatic carbocycles. The highest BCUT2D eigenvalue weighted by Crippen LogP contribution is 2.39. The Morgan fingerprint density at radius 2 is 1.96 bits per heavy atom. The van der Waals surface area contributed by atoms with Gasteiger partial charge in [0.2, 0.25) is 0 Å². The predicted octanol–water partition coefficient (Wildman–Crippen LogP) is 2.93. The summed E-state index contributed by atoms with van der Waals surface area (Å²) >= 11 is 0. The van der Waals surface area contributed by atoms with Gasteiger partial charge in [-0.15, -0.1) is 10.2 Å². The summed E-state index contributed by atoms with van der Waals surface area (Å²) in [7, 11) is 3.02. The van der Waals surface area contributed by atoms with Crippen LogP contribution in [0.5, 0.6) is 11.5 Å². The van der Waals surface area contributed by atoms with Gasteiger partial charge in [0.25, 0.3) is 5.91 Å². The van der Waals surface area contributed by atoms with Crippen LogP contribution in [0.4, 0.5) is 10.1 Å². The molecule has 1 aromatic heterocycles. The Bertz CT molecular complexity index is 1080. The van der Waals surface area contributed by atoms with Gasteiger partial charge in [-0.3, -0.25) is 4.79 Å². The van der Waals surface area contributed by atoms with Gasteiger partial charge in [0.05, 0.1) is 19.9 Å². The van der Waals surface area contributed by atoms with Crippen LogP contribution in [0.15, 0.2) is 30.3 Å². The SMILES string of the molecule is COc1ccc(OC)c(-c2c(F)ccc3c(N)c(C(=O)NC4CC4)nnc23)c1. The van der Waals surface area contributed by atoms with Crippen molar-refractivity contribution in [2.75, 3.05) is 20.0 Å². The average molecular weight is 382 g/mol. The van der Waals surface area contributed by atoms with Crippen molar-refractivity contribution in [1.29, 1.82) is 0 Å². The maximum absolute atomic E-state index is 14.8. The second-order valence-corrected chi connectivity index (χ2v) is 6.59. The molecule has 0 saturated heterocycles. The van der Waals surface area contributed by atoms with Crippen molar-refractivity contribution in [1.82, 2.24) is 15.5 Å².